The van der Waals surface area contributed by atoms with Crippen LogP contribution in [0.2, 0.25) is 0 Å². The number of carbonyl (C=O) groups excluding carboxylic acids is 1. The molecule has 0 aliphatic rings. The Labute approximate surface area is 126 Å². The minimum absolute atomic E-state index is 0.345. The zero-order chi connectivity index (χ0) is 14.0. The van der Waals surface area contributed by atoms with Crippen LogP contribution in [-0.4, -0.2) is 5.91 Å². The number of anilines is 2. The first-order valence-electron chi connectivity index (χ1n) is 5.28. The van der Waals surface area contributed by atoms with Crippen LogP contribution in [0.4, 0.5) is 15.8 Å². The van der Waals surface area contributed by atoms with Gasteiger partial charge in [0.05, 0.1) is 4.47 Å². The van der Waals surface area contributed by atoms with Gasteiger partial charge in [-0.3, -0.25) is 4.79 Å². The lowest BCUT2D eigenvalue weighted by Gasteiger charge is -2.07. The van der Waals surface area contributed by atoms with Crippen LogP contribution in [0.5, 0.6) is 0 Å². The van der Waals surface area contributed by atoms with Crippen LogP contribution in [0.25, 0.3) is 0 Å². The molecule has 0 aliphatic heterocycles. The topological polar surface area (TPSA) is 55.1 Å². The molecule has 6 heteroatoms. The van der Waals surface area contributed by atoms with E-state index in [4.69, 9.17) is 5.73 Å². The van der Waals surface area contributed by atoms with Gasteiger partial charge in [0.1, 0.15) is 5.82 Å². The molecule has 0 saturated heterocycles. The van der Waals surface area contributed by atoms with Crippen LogP contribution in [0.3, 0.4) is 0 Å². The minimum atomic E-state index is -0.438. The Morgan fingerprint density at radius 3 is 2.53 bits per heavy atom. The standard InChI is InChI=1S/C13H9Br2FN2O/c14-8-3-7(4-9(17)5-8)13(19)18-10-1-2-11(15)12(16)6-10/h1-6H,17H2,(H,18,19). The van der Waals surface area contributed by atoms with Gasteiger partial charge in [0.15, 0.2) is 0 Å². The van der Waals surface area contributed by atoms with Crippen molar-refractivity contribution in [3.8, 4) is 0 Å². The highest BCUT2D eigenvalue weighted by atomic mass is 79.9. The second kappa shape index (κ2) is 5.71. The maximum Gasteiger partial charge on any atom is 0.255 e. The van der Waals surface area contributed by atoms with Crippen LogP contribution < -0.4 is 11.1 Å². The molecular formula is C13H9Br2FN2O. The highest BCUT2D eigenvalue weighted by molar-refractivity contribution is 9.10. The number of carbonyl (C=O) groups is 1. The third-order valence-electron chi connectivity index (χ3n) is 2.36. The summed E-state index contributed by atoms with van der Waals surface area (Å²) in [6, 6.07) is 9.25. The van der Waals surface area contributed by atoms with Crippen molar-refractivity contribution in [2.45, 2.75) is 0 Å². The van der Waals surface area contributed by atoms with Crippen LogP contribution in [-0.2, 0) is 0 Å². The molecule has 0 atom stereocenters. The minimum Gasteiger partial charge on any atom is -0.399 e. The Morgan fingerprint density at radius 2 is 1.89 bits per heavy atom. The van der Waals surface area contributed by atoms with Crippen molar-refractivity contribution < 1.29 is 9.18 Å². The molecule has 2 aromatic carbocycles. The molecule has 3 nitrogen and oxygen atoms in total. The summed E-state index contributed by atoms with van der Waals surface area (Å²) in [6.07, 6.45) is 0. The van der Waals surface area contributed by atoms with Crippen LogP contribution in [0.15, 0.2) is 45.3 Å². The van der Waals surface area contributed by atoms with E-state index in [2.05, 4.69) is 37.2 Å². The van der Waals surface area contributed by atoms with Crippen LogP contribution in [0, 0.1) is 5.82 Å². The zero-order valence-electron chi connectivity index (χ0n) is 9.58. The van der Waals surface area contributed by atoms with Gasteiger partial charge in [-0.2, -0.15) is 0 Å². The van der Waals surface area contributed by atoms with Crippen molar-refractivity contribution in [2.75, 3.05) is 11.1 Å². The molecular weight excluding hydrogens is 379 g/mol. The fourth-order valence-electron chi connectivity index (χ4n) is 1.52. The van der Waals surface area contributed by atoms with Crippen molar-refractivity contribution in [2.24, 2.45) is 0 Å². The summed E-state index contributed by atoms with van der Waals surface area (Å²) in [5.41, 5.74) is 6.91. The average molecular weight is 388 g/mol. The third kappa shape index (κ3) is 3.54. The molecule has 0 saturated carbocycles. The number of hydrogen-bond donors (Lipinski definition) is 2. The van der Waals surface area contributed by atoms with Gasteiger partial charge in [0.25, 0.3) is 5.91 Å². The molecule has 0 bridgehead atoms. The normalized spacial score (nSPS) is 10.3. The fraction of sp³-hybridized carbons (Fsp3) is 0. The third-order valence-corrected chi connectivity index (χ3v) is 3.46. The van der Waals surface area contributed by atoms with E-state index >= 15 is 0 Å². The highest BCUT2D eigenvalue weighted by Crippen LogP contribution is 2.21. The maximum atomic E-state index is 13.3. The Bertz CT molecular complexity index is 626. The fourth-order valence-corrected chi connectivity index (χ4v) is 2.28. The Kier molecular flexibility index (Phi) is 4.21. The van der Waals surface area contributed by atoms with Crippen LogP contribution in [0.1, 0.15) is 10.4 Å². The SMILES string of the molecule is Nc1cc(Br)cc(C(=O)Nc2ccc(Br)c(F)c2)c1. The number of halogens is 3. The monoisotopic (exact) mass is 386 g/mol. The van der Waals surface area contributed by atoms with Gasteiger partial charge in [-0.25, -0.2) is 4.39 Å². The number of amides is 1. The smallest absolute Gasteiger partial charge is 0.255 e. The molecule has 0 radical (unpaired) electrons. The average Bonchev–Trinajstić information content (AvgIpc) is 2.32. The van der Waals surface area contributed by atoms with E-state index < -0.39 is 5.82 Å². The van der Waals surface area contributed by atoms with E-state index in [-0.39, 0.29) is 5.91 Å². The predicted molar refractivity (Wildman–Crippen MR) is 80.6 cm³/mol. The van der Waals surface area contributed by atoms with Gasteiger partial charge in [-0.1, -0.05) is 15.9 Å². The second-order valence-electron chi connectivity index (χ2n) is 3.86. The molecule has 19 heavy (non-hydrogen) atoms. The van der Waals surface area contributed by atoms with Gasteiger partial charge in [0, 0.05) is 21.4 Å². The summed E-state index contributed by atoms with van der Waals surface area (Å²) in [4.78, 5) is 12.0. The Balaban J connectivity index is 2.22. The summed E-state index contributed by atoms with van der Waals surface area (Å²) in [5, 5.41) is 2.60. The zero-order valence-corrected chi connectivity index (χ0v) is 12.8. The molecule has 0 aliphatic carbocycles. The van der Waals surface area contributed by atoms with E-state index in [0.29, 0.717) is 25.9 Å². The number of nitrogens with two attached hydrogens (primary N) is 1. The van der Waals surface area contributed by atoms with E-state index in [1.807, 2.05) is 0 Å². The Morgan fingerprint density at radius 1 is 1.16 bits per heavy atom. The molecule has 0 spiro atoms. The first-order valence-corrected chi connectivity index (χ1v) is 6.87. The first-order chi connectivity index (χ1) is 8.95. The molecule has 3 N–H and O–H groups in total. The van der Waals surface area contributed by atoms with Crippen molar-refractivity contribution in [1.82, 2.24) is 0 Å². The van der Waals surface area contributed by atoms with Gasteiger partial charge < -0.3 is 11.1 Å². The van der Waals surface area contributed by atoms with E-state index in [1.165, 1.54) is 12.1 Å². The molecule has 2 aromatic rings. The van der Waals surface area contributed by atoms with Gasteiger partial charge in [0.2, 0.25) is 0 Å². The molecule has 0 unspecified atom stereocenters. The molecule has 1 amide bonds. The number of nitrogen functional groups attached to an aromatic ring is 1. The quantitative estimate of drug-likeness (QED) is 0.759. The van der Waals surface area contributed by atoms with Crippen molar-refractivity contribution in [3.05, 3.63) is 56.7 Å². The second-order valence-corrected chi connectivity index (χ2v) is 5.63. The van der Waals surface area contributed by atoms with E-state index in [9.17, 15) is 9.18 Å². The Hall–Kier alpha value is -1.40. The lowest BCUT2D eigenvalue weighted by molar-refractivity contribution is 0.102. The number of benzene rings is 2. The van der Waals surface area contributed by atoms with E-state index in [1.54, 1.807) is 24.3 Å². The first kappa shape index (κ1) is 14.0. The molecule has 0 fully saturated rings. The summed E-state index contributed by atoms with van der Waals surface area (Å²) in [6.45, 7) is 0. The lowest BCUT2D eigenvalue weighted by Crippen LogP contribution is -2.12. The maximum absolute atomic E-state index is 13.3. The summed E-state index contributed by atoms with van der Waals surface area (Å²) in [7, 11) is 0. The van der Waals surface area contributed by atoms with Crippen molar-refractivity contribution >= 4 is 49.1 Å². The molecule has 2 rings (SSSR count). The molecule has 0 heterocycles. The summed E-state index contributed by atoms with van der Waals surface area (Å²) >= 11 is 6.31. The summed E-state index contributed by atoms with van der Waals surface area (Å²) < 4.78 is 14.4. The van der Waals surface area contributed by atoms with Crippen molar-refractivity contribution in [3.63, 3.8) is 0 Å². The highest BCUT2D eigenvalue weighted by Gasteiger charge is 2.09. The number of nitrogens with one attached hydrogen (secondary N) is 1. The summed E-state index contributed by atoms with van der Waals surface area (Å²) in [5.74, 6) is -0.790. The predicted octanol–water partition coefficient (Wildman–Crippen LogP) is 4.19. The van der Waals surface area contributed by atoms with Crippen LogP contribution >= 0.6 is 31.9 Å². The van der Waals surface area contributed by atoms with Gasteiger partial charge >= 0.3 is 0 Å². The number of rotatable bonds is 2. The molecule has 0 aromatic heterocycles. The van der Waals surface area contributed by atoms with Gasteiger partial charge in [-0.15, -0.1) is 0 Å². The number of hydrogen-bond acceptors (Lipinski definition) is 2. The largest absolute Gasteiger partial charge is 0.399 e. The van der Waals surface area contributed by atoms with Crippen molar-refractivity contribution in [1.29, 1.82) is 0 Å². The lowest BCUT2D eigenvalue weighted by atomic mass is 10.2. The van der Waals surface area contributed by atoms with E-state index in [0.717, 1.165) is 0 Å². The molecule has 98 valence electrons. The van der Waals surface area contributed by atoms with Gasteiger partial charge in [-0.05, 0) is 52.3 Å².